The van der Waals surface area contributed by atoms with Gasteiger partial charge < -0.3 is 44.2 Å². The van der Waals surface area contributed by atoms with Gasteiger partial charge in [0.05, 0.1) is 99.7 Å². The predicted molar refractivity (Wildman–Crippen MR) is 410 cm³/mol. The highest BCUT2D eigenvalue weighted by molar-refractivity contribution is 14.1. The first-order valence-corrected chi connectivity index (χ1v) is 35.9. The lowest BCUT2D eigenvalue weighted by molar-refractivity contribution is 0.00578. The van der Waals surface area contributed by atoms with Crippen molar-refractivity contribution in [3.63, 3.8) is 0 Å². The van der Waals surface area contributed by atoms with E-state index >= 15 is 0 Å². The molecule has 2 aromatic carbocycles. The van der Waals surface area contributed by atoms with Gasteiger partial charge in [0.1, 0.15) is 6.10 Å². The smallest absolute Gasteiger partial charge is 0.494 e. The highest BCUT2D eigenvalue weighted by Gasteiger charge is 2.52. The Morgan fingerprint density at radius 1 is 0.590 bits per heavy atom. The molecule has 4 N–H and O–H groups in total. The van der Waals surface area contributed by atoms with Gasteiger partial charge in [-0.1, -0.05) is 63.3 Å². The van der Waals surface area contributed by atoms with Gasteiger partial charge in [-0.15, -0.1) is 0 Å². The maximum absolute atomic E-state index is 14.9. The molecule has 0 bridgehead atoms. The maximum atomic E-state index is 14.9. The average Bonchev–Trinajstić information content (AvgIpc) is 1.77. The van der Waals surface area contributed by atoms with Gasteiger partial charge in [0.25, 0.3) is 0 Å². The zero-order valence-corrected chi connectivity index (χ0v) is 63.1. The molecule has 5 aliphatic rings. The van der Waals surface area contributed by atoms with Gasteiger partial charge in [-0.05, 0) is 110 Å². The van der Waals surface area contributed by atoms with Crippen LogP contribution in [-0.4, -0.2) is 126 Å². The van der Waals surface area contributed by atoms with E-state index in [2.05, 4.69) is 154 Å². The van der Waals surface area contributed by atoms with Crippen molar-refractivity contribution in [1.82, 2.24) is 49.3 Å². The van der Waals surface area contributed by atoms with Crippen molar-refractivity contribution >= 4 is 64.7 Å². The number of aliphatic imine (C=N–C) groups is 1. The van der Waals surface area contributed by atoms with Gasteiger partial charge in [0.15, 0.2) is 46.3 Å². The van der Waals surface area contributed by atoms with Crippen LogP contribution in [0, 0.1) is 23.3 Å². The van der Waals surface area contributed by atoms with E-state index in [1.807, 2.05) is 58.6 Å². The SMILES string of the molecule is CC1(C)OB(c2cnc3c(c2)C=CC3)OC1(C)C.CCCN=CC(I)=CN.CCCn1cc(-c2cnc3c(c2)C(C(O)c2c(F)c(OC)cc(OC)c2F)=CC3)cn1.CCCn1cc(-c2cnc3c(c2)C=CC3)cn1.COc1cc(OC)c(F)c(CC2=CCc3ncc(-c4cnn(CCO)c4)cc32)c1F. The predicted octanol–water partition coefficient (Wildman–Crippen LogP) is 14.3. The summed E-state index contributed by atoms with van der Waals surface area (Å²) >= 11 is 2.13. The lowest BCUT2D eigenvalue weighted by atomic mass is 9.79. The zero-order valence-electron chi connectivity index (χ0n) is 60.9. The number of halogens is 5. The number of nitrogens with two attached hydrogens (primary N) is 1. The van der Waals surface area contributed by atoms with Gasteiger partial charge in [-0.2, -0.15) is 15.3 Å². The number of allylic oxidation sites excluding steroid dienone is 6. The number of fused-ring (bicyclic) bond motifs is 4. The number of hydrogen-bond acceptors (Lipinski definition) is 17. The normalized spacial score (nSPS) is 14.9. The molecule has 26 heteroatoms. The number of aliphatic hydroxyl groups is 2. The van der Waals surface area contributed by atoms with Gasteiger partial charge in [0.2, 0.25) is 0 Å². The van der Waals surface area contributed by atoms with E-state index < -0.39 is 34.9 Å². The number of rotatable bonds is 21. The fourth-order valence-electron chi connectivity index (χ4n) is 12.1. The summed E-state index contributed by atoms with van der Waals surface area (Å²) in [4.78, 5) is 22.1. The number of aryl methyl sites for hydroxylation is 2. The Morgan fingerprint density at radius 2 is 1.05 bits per heavy atom. The summed E-state index contributed by atoms with van der Waals surface area (Å²) in [5, 5.41) is 33.0. The Labute approximate surface area is 623 Å². The molecule has 1 aliphatic heterocycles. The molecule has 1 saturated heterocycles. The Morgan fingerprint density at radius 3 is 1.54 bits per heavy atom. The minimum atomic E-state index is -1.55. The molecular formula is C79H88BF4IN12O8. The summed E-state index contributed by atoms with van der Waals surface area (Å²) in [6.45, 7) is 17.6. The van der Waals surface area contributed by atoms with Crippen LogP contribution in [0.15, 0.2) is 137 Å². The van der Waals surface area contributed by atoms with Gasteiger partial charge in [-0.25, -0.2) is 17.6 Å². The van der Waals surface area contributed by atoms with Gasteiger partial charge >= 0.3 is 7.12 Å². The molecule has 0 spiro atoms. The van der Waals surface area contributed by atoms with Crippen LogP contribution in [0.4, 0.5) is 17.6 Å². The zero-order chi connectivity index (χ0) is 75.1. The second-order valence-corrected chi connectivity index (χ2v) is 27.4. The van der Waals surface area contributed by atoms with Crippen LogP contribution in [0.3, 0.4) is 0 Å². The largest absolute Gasteiger partial charge is 0.496 e. The molecule has 14 rings (SSSR count). The van der Waals surface area contributed by atoms with E-state index in [4.69, 9.17) is 39.1 Å². The van der Waals surface area contributed by atoms with Crippen LogP contribution < -0.4 is 30.1 Å². The summed E-state index contributed by atoms with van der Waals surface area (Å²) in [6, 6.07) is 10.5. The molecule has 0 amide bonds. The Kier molecular flexibility index (Phi) is 26.3. The van der Waals surface area contributed by atoms with Crippen LogP contribution in [0.1, 0.15) is 130 Å². The number of benzene rings is 2. The molecule has 550 valence electrons. The Hall–Kier alpha value is -9.61. The number of hydrogen-bond donors (Lipinski definition) is 3. The Balaban J connectivity index is 0.000000148. The lowest BCUT2D eigenvalue weighted by Crippen LogP contribution is -2.41. The van der Waals surface area contributed by atoms with Crippen LogP contribution in [-0.2, 0) is 61.0 Å². The molecule has 105 heavy (non-hydrogen) atoms. The summed E-state index contributed by atoms with van der Waals surface area (Å²) < 4.78 is 98.0. The second-order valence-electron chi connectivity index (χ2n) is 26.2. The fourth-order valence-corrected chi connectivity index (χ4v) is 12.3. The molecule has 0 radical (unpaired) electrons. The van der Waals surface area contributed by atoms with Crippen molar-refractivity contribution in [2.24, 2.45) is 10.7 Å². The van der Waals surface area contributed by atoms with Crippen molar-refractivity contribution in [2.45, 2.75) is 137 Å². The summed E-state index contributed by atoms with van der Waals surface area (Å²) in [5.74, 6) is -3.95. The number of ether oxygens (including phenoxy) is 4. The standard InChI is InChI=1S/C23H23F2N3O3.C22H21F2N3O3.C14H18BNO2.C14H15N3.C6H11IN2/c1-4-7-28-12-14(11-27-28)13-8-16-15(5-6-17(16)26-10-13)23(29)20-21(24)18(30-2)9-19(31-3)22(20)25;1-29-19-9-20(30-2)22(24)17(21(19)23)7-13-3-4-18-16(13)8-14(10-25-18)15-11-26-27(12-15)5-6-28;1-13(2)14(3,4)18-15(17-13)11-8-10-6-5-7-12(10)16-9-11;1-2-6-17-10-13(9-16-17)12-7-11-4-3-5-14(11)15-8-12;1-2-3-9-5-6(7)4-8/h5,8-12,23,29H,4,6-7H2,1-3H3;3,8-12,28H,4-7H2,1-2H3;5-6,8-9H,7H2,1-4H3;3-4,7-10H,2,5-6H2,1H3;4-5H,2-3,8H2,1H3. The highest BCUT2D eigenvalue weighted by Crippen LogP contribution is 2.44. The number of aliphatic hydroxyl groups excluding tert-OH is 2. The van der Waals surface area contributed by atoms with Crippen LogP contribution in [0.2, 0.25) is 0 Å². The van der Waals surface area contributed by atoms with Crippen LogP contribution >= 0.6 is 22.6 Å². The third-order valence-corrected chi connectivity index (χ3v) is 19.1. The van der Waals surface area contributed by atoms with Crippen molar-refractivity contribution in [3.05, 3.63) is 212 Å². The van der Waals surface area contributed by atoms with Crippen molar-refractivity contribution in [2.75, 3.05) is 41.6 Å². The van der Waals surface area contributed by atoms with E-state index in [-0.39, 0.29) is 59.9 Å². The quantitative estimate of drug-likeness (QED) is 0.0262. The third kappa shape index (κ3) is 18.2. The molecule has 8 heterocycles. The maximum Gasteiger partial charge on any atom is 0.496 e. The average molecular weight is 1550 g/mol. The van der Waals surface area contributed by atoms with Crippen LogP contribution in [0.5, 0.6) is 23.0 Å². The first-order chi connectivity index (χ1) is 50.6. The second kappa shape index (κ2) is 35.5. The van der Waals surface area contributed by atoms with E-state index in [0.29, 0.717) is 30.5 Å². The summed E-state index contributed by atoms with van der Waals surface area (Å²) in [7, 11) is 4.88. The van der Waals surface area contributed by atoms with E-state index in [1.54, 1.807) is 48.0 Å². The molecule has 9 aromatic rings. The highest BCUT2D eigenvalue weighted by atomic mass is 127. The fraction of sp³-hybridized carbons (Fsp3) is 0.342. The molecular weight excluding hydrogens is 1460 g/mol. The number of pyridine rings is 4. The van der Waals surface area contributed by atoms with E-state index in [9.17, 15) is 22.7 Å². The topological polar surface area (TPSA) is 239 Å². The van der Waals surface area contributed by atoms with Gasteiger partial charge in [0, 0.05) is 179 Å². The monoisotopic (exact) mass is 1550 g/mol. The molecule has 0 saturated carbocycles. The minimum Gasteiger partial charge on any atom is -0.494 e. The van der Waals surface area contributed by atoms with E-state index in [1.165, 1.54) is 51.3 Å². The number of methoxy groups -OCH3 is 4. The van der Waals surface area contributed by atoms with Crippen molar-refractivity contribution < 1.29 is 56.0 Å². The first-order valence-electron chi connectivity index (χ1n) is 34.8. The molecule has 1 fully saturated rings. The third-order valence-electron chi connectivity index (χ3n) is 18.5. The van der Waals surface area contributed by atoms with Crippen molar-refractivity contribution in [3.8, 4) is 56.4 Å². The molecule has 7 aromatic heterocycles. The minimum absolute atomic E-state index is 0.00241. The summed E-state index contributed by atoms with van der Waals surface area (Å²) in [6.07, 6.45) is 38.6. The van der Waals surface area contributed by atoms with Crippen molar-refractivity contribution in [1.29, 1.82) is 0 Å². The first kappa shape index (κ1) is 78.0. The number of nitrogens with zero attached hydrogens (tertiary/aromatic N) is 11. The molecule has 1 atom stereocenters. The molecule has 1 unspecified atom stereocenters. The van der Waals surface area contributed by atoms with E-state index in [0.717, 1.165) is 128 Å². The molecule has 20 nitrogen and oxygen atoms in total. The van der Waals surface area contributed by atoms with Gasteiger partial charge in [-0.3, -0.25) is 39.0 Å². The Bertz CT molecular complexity index is 4680. The number of aromatic nitrogens is 10. The van der Waals surface area contributed by atoms with Crippen LogP contribution in [0.25, 0.3) is 56.7 Å². The summed E-state index contributed by atoms with van der Waals surface area (Å²) in [5.41, 5.74) is 19.6. The molecule has 4 aliphatic carbocycles. The lowest BCUT2D eigenvalue weighted by Gasteiger charge is -2.32.